The van der Waals surface area contributed by atoms with Crippen LogP contribution in [0, 0.1) is 0 Å². The van der Waals surface area contributed by atoms with Crippen molar-refractivity contribution in [2.24, 2.45) is 10.2 Å². The van der Waals surface area contributed by atoms with Crippen LogP contribution in [0.3, 0.4) is 0 Å². The van der Waals surface area contributed by atoms with Gasteiger partial charge >= 0.3 is 5.97 Å². The Balaban J connectivity index is 1.66. The van der Waals surface area contributed by atoms with Crippen LogP contribution in [0.1, 0.15) is 37.0 Å². The van der Waals surface area contributed by atoms with Crippen LogP contribution in [0.5, 0.6) is 5.75 Å². The van der Waals surface area contributed by atoms with E-state index in [0.717, 1.165) is 12.8 Å². The molecule has 11 nitrogen and oxygen atoms in total. The van der Waals surface area contributed by atoms with Crippen molar-refractivity contribution in [1.82, 2.24) is 9.88 Å². The summed E-state index contributed by atoms with van der Waals surface area (Å²) in [5, 5.41) is 18.2. The topological polar surface area (TPSA) is 151 Å². The van der Waals surface area contributed by atoms with Gasteiger partial charge in [0.05, 0.1) is 16.3 Å². The molecule has 0 fully saturated rings. The number of hydrogen-bond acceptors (Lipinski definition) is 9. The van der Waals surface area contributed by atoms with E-state index in [4.69, 9.17) is 4.74 Å². The minimum atomic E-state index is -3.83. The Hall–Kier alpha value is -4.32. The normalized spacial score (nSPS) is 11.3. The Morgan fingerprint density at radius 2 is 1.63 bits per heavy atom. The first-order chi connectivity index (χ1) is 18.2. The second-order valence-electron chi connectivity index (χ2n) is 8.17. The van der Waals surface area contributed by atoms with Gasteiger partial charge in [0.1, 0.15) is 17.1 Å². The molecule has 2 aromatic carbocycles. The summed E-state index contributed by atoms with van der Waals surface area (Å²) in [4.78, 5) is 30.4. The third-order valence-corrected chi connectivity index (χ3v) is 6.57. The van der Waals surface area contributed by atoms with Gasteiger partial charge in [-0.05, 0) is 67.4 Å². The summed E-state index contributed by atoms with van der Waals surface area (Å²) in [6, 6.07) is 14.6. The Morgan fingerprint density at radius 3 is 2.26 bits per heavy atom. The molecule has 3 rings (SSSR count). The lowest BCUT2D eigenvalue weighted by molar-refractivity contribution is -0.134. The summed E-state index contributed by atoms with van der Waals surface area (Å²) in [6.45, 7) is 4.61. The standard InChI is InChI=1S/C26H29N5O6S/c1-3-15-31(16-4-2)25(33)18-37-26(34)22-17-20(10-13-23(22)32)29-28-19-8-11-21(12-9-19)38(35,36)30-24-7-5-6-14-27-24/h5-14,17,32H,3-4,15-16,18H2,1-2H3,(H,27,30). The molecule has 200 valence electrons. The average Bonchev–Trinajstić information content (AvgIpc) is 2.91. The summed E-state index contributed by atoms with van der Waals surface area (Å²) in [5.41, 5.74) is 0.443. The Morgan fingerprint density at radius 1 is 0.974 bits per heavy atom. The molecule has 12 heteroatoms. The maximum Gasteiger partial charge on any atom is 0.342 e. The van der Waals surface area contributed by atoms with Crippen LogP contribution in [-0.2, 0) is 19.6 Å². The Bertz CT molecular complexity index is 1370. The first kappa shape index (κ1) is 28.3. The summed E-state index contributed by atoms with van der Waals surface area (Å²) in [5.74, 6) is -1.30. The maximum absolute atomic E-state index is 12.5. The zero-order valence-electron chi connectivity index (χ0n) is 21.1. The highest BCUT2D eigenvalue weighted by atomic mass is 32.2. The molecule has 3 aromatic rings. The smallest absolute Gasteiger partial charge is 0.342 e. The van der Waals surface area contributed by atoms with Gasteiger partial charge in [0.2, 0.25) is 0 Å². The van der Waals surface area contributed by atoms with Crippen molar-refractivity contribution < 1.29 is 27.9 Å². The fourth-order valence-electron chi connectivity index (χ4n) is 3.37. The zero-order chi connectivity index (χ0) is 27.5. The summed E-state index contributed by atoms with van der Waals surface area (Å²) in [6.07, 6.45) is 3.05. The zero-order valence-corrected chi connectivity index (χ0v) is 21.9. The van der Waals surface area contributed by atoms with Crippen LogP contribution >= 0.6 is 0 Å². The molecule has 0 spiro atoms. The molecule has 0 saturated carbocycles. The monoisotopic (exact) mass is 539 g/mol. The minimum absolute atomic E-state index is 0.0164. The molecule has 38 heavy (non-hydrogen) atoms. The highest BCUT2D eigenvalue weighted by molar-refractivity contribution is 7.92. The van der Waals surface area contributed by atoms with Crippen LogP contribution < -0.4 is 4.72 Å². The number of nitrogens with one attached hydrogen (secondary N) is 1. The first-order valence-corrected chi connectivity index (χ1v) is 13.5. The average molecular weight is 540 g/mol. The van der Waals surface area contributed by atoms with E-state index in [1.165, 1.54) is 54.7 Å². The van der Waals surface area contributed by atoms with E-state index in [1.54, 1.807) is 17.0 Å². The molecule has 0 bridgehead atoms. The number of anilines is 1. The van der Waals surface area contributed by atoms with Crippen molar-refractivity contribution >= 4 is 39.1 Å². The van der Waals surface area contributed by atoms with Crippen molar-refractivity contribution in [3.8, 4) is 5.75 Å². The van der Waals surface area contributed by atoms with Gasteiger partial charge < -0.3 is 14.7 Å². The van der Waals surface area contributed by atoms with E-state index in [1.807, 2.05) is 13.8 Å². The van der Waals surface area contributed by atoms with Crippen molar-refractivity contribution in [2.75, 3.05) is 24.4 Å². The number of ether oxygens (including phenoxy) is 1. The maximum atomic E-state index is 12.5. The lowest BCUT2D eigenvalue weighted by Crippen LogP contribution is -2.35. The molecule has 2 N–H and O–H groups in total. The second-order valence-corrected chi connectivity index (χ2v) is 9.86. The third-order valence-electron chi connectivity index (χ3n) is 5.20. The van der Waals surface area contributed by atoms with Crippen molar-refractivity contribution in [2.45, 2.75) is 31.6 Å². The van der Waals surface area contributed by atoms with Crippen LogP contribution in [0.15, 0.2) is 82.0 Å². The summed E-state index contributed by atoms with van der Waals surface area (Å²) < 4.78 is 32.6. The molecule has 1 aromatic heterocycles. The number of nitrogens with zero attached hydrogens (tertiary/aromatic N) is 4. The number of aromatic hydroxyl groups is 1. The molecule has 0 unspecified atom stereocenters. The first-order valence-electron chi connectivity index (χ1n) is 12.0. The van der Waals surface area contributed by atoms with Gasteiger partial charge in [-0.3, -0.25) is 9.52 Å². The highest BCUT2D eigenvalue weighted by Gasteiger charge is 2.18. The Labute approximate surface area is 221 Å². The molecule has 1 amide bonds. The van der Waals surface area contributed by atoms with E-state index in [2.05, 4.69) is 19.9 Å². The van der Waals surface area contributed by atoms with Crippen molar-refractivity contribution in [1.29, 1.82) is 0 Å². The van der Waals surface area contributed by atoms with Crippen molar-refractivity contribution in [3.63, 3.8) is 0 Å². The number of amides is 1. The largest absolute Gasteiger partial charge is 0.507 e. The summed E-state index contributed by atoms with van der Waals surface area (Å²) >= 11 is 0. The van der Waals surface area contributed by atoms with Gasteiger partial charge in [-0.15, -0.1) is 0 Å². The number of phenolic OH excluding ortho intramolecular Hbond substituents is 1. The number of rotatable bonds is 12. The lowest BCUT2D eigenvalue weighted by Gasteiger charge is -2.21. The Kier molecular flexibility index (Phi) is 9.88. The van der Waals surface area contributed by atoms with Gasteiger partial charge in [0.25, 0.3) is 15.9 Å². The predicted octanol–water partition coefficient (Wildman–Crippen LogP) is 4.81. The number of aromatic nitrogens is 1. The van der Waals surface area contributed by atoms with E-state index < -0.39 is 22.6 Å². The lowest BCUT2D eigenvalue weighted by atomic mass is 10.2. The predicted molar refractivity (Wildman–Crippen MR) is 141 cm³/mol. The van der Waals surface area contributed by atoms with Crippen LogP contribution in [0.2, 0.25) is 0 Å². The highest BCUT2D eigenvalue weighted by Crippen LogP contribution is 2.26. The van der Waals surface area contributed by atoms with Gasteiger partial charge in [0, 0.05) is 19.3 Å². The van der Waals surface area contributed by atoms with E-state index in [-0.39, 0.29) is 33.6 Å². The summed E-state index contributed by atoms with van der Waals surface area (Å²) in [7, 11) is -3.83. The molecule has 0 aliphatic heterocycles. The molecule has 0 saturated heterocycles. The fraction of sp³-hybridized carbons (Fsp3) is 0.269. The number of phenols is 1. The second kappa shape index (κ2) is 13.3. The molecular formula is C26H29N5O6S. The molecule has 1 heterocycles. The van der Waals surface area contributed by atoms with Gasteiger partial charge in [-0.1, -0.05) is 19.9 Å². The number of hydrogen-bond donors (Lipinski definition) is 2. The molecule has 0 radical (unpaired) electrons. The number of benzene rings is 2. The van der Waals surface area contributed by atoms with Gasteiger partial charge in [0.15, 0.2) is 6.61 Å². The number of esters is 1. The number of carbonyl (C=O) groups is 2. The molecule has 0 aliphatic rings. The van der Waals surface area contributed by atoms with Gasteiger partial charge in [-0.2, -0.15) is 10.2 Å². The number of sulfonamides is 1. The minimum Gasteiger partial charge on any atom is -0.507 e. The van der Waals surface area contributed by atoms with E-state index in [9.17, 15) is 23.1 Å². The van der Waals surface area contributed by atoms with Crippen LogP contribution in [0.4, 0.5) is 17.2 Å². The molecular weight excluding hydrogens is 510 g/mol. The SMILES string of the molecule is CCCN(CCC)C(=O)COC(=O)c1cc(N=Nc2ccc(S(=O)(=O)Nc3ccccn3)cc2)ccc1O. The van der Waals surface area contributed by atoms with Gasteiger partial charge in [-0.25, -0.2) is 18.2 Å². The number of azo groups is 1. The van der Waals surface area contributed by atoms with E-state index >= 15 is 0 Å². The fourth-order valence-corrected chi connectivity index (χ4v) is 4.38. The molecule has 0 atom stereocenters. The number of carbonyl (C=O) groups excluding carboxylic acids is 2. The quantitative estimate of drug-likeness (QED) is 0.248. The van der Waals surface area contributed by atoms with Crippen LogP contribution in [-0.4, -0.2) is 55.0 Å². The molecule has 0 aliphatic carbocycles. The third kappa shape index (κ3) is 7.84. The van der Waals surface area contributed by atoms with Crippen molar-refractivity contribution in [3.05, 3.63) is 72.4 Å². The van der Waals surface area contributed by atoms with E-state index in [0.29, 0.717) is 18.8 Å². The van der Waals surface area contributed by atoms with Crippen LogP contribution in [0.25, 0.3) is 0 Å². The number of pyridine rings is 1.